The van der Waals surface area contributed by atoms with Gasteiger partial charge >= 0.3 is 0 Å². The molecule has 0 saturated heterocycles. The summed E-state index contributed by atoms with van der Waals surface area (Å²) in [5.41, 5.74) is 5.16. The highest BCUT2D eigenvalue weighted by molar-refractivity contribution is 5.42. The van der Waals surface area contributed by atoms with Crippen molar-refractivity contribution in [1.82, 2.24) is 5.32 Å². The van der Waals surface area contributed by atoms with E-state index in [0.29, 0.717) is 5.41 Å². The van der Waals surface area contributed by atoms with E-state index in [9.17, 15) is 0 Å². The molecule has 1 heteroatoms. The lowest BCUT2D eigenvalue weighted by Gasteiger charge is -2.16. The second-order valence-electron chi connectivity index (χ2n) is 4.87. The molecule has 1 aromatic carbocycles. The number of hydrogen-bond acceptors (Lipinski definition) is 1. The molecule has 1 aliphatic carbocycles. The minimum atomic E-state index is 0.526. The Bertz CT molecular complexity index is 363. The van der Waals surface area contributed by atoms with Gasteiger partial charge in [0.1, 0.15) is 0 Å². The zero-order chi connectivity index (χ0) is 9.60. The Morgan fingerprint density at radius 1 is 1.29 bits per heavy atom. The monoisotopic (exact) mass is 187 g/mol. The number of nitrogens with one attached hydrogen (secondary N) is 1. The molecule has 0 atom stereocenters. The van der Waals surface area contributed by atoms with Crippen LogP contribution in [0.4, 0.5) is 0 Å². The largest absolute Gasteiger partial charge is 0.316 e. The van der Waals surface area contributed by atoms with Crippen LogP contribution in [0.5, 0.6) is 0 Å². The van der Waals surface area contributed by atoms with Crippen molar-refractivity contribution in [3.05, 3.63) is 34.9 Å². The second-order valence-corrected chi connectivity index (χ2v) is 4.87. The van der Waals surface area contributed by atoms with Gasteiger partial charge in [0, 0.05) is 12.0 Å². The van der Waals surface area contributed by atoms with E-state index >= 15 is 0 Å². The summed E-state index contributed by atoms with van der Waals surface area (Å²) in [5, 5.41) is 3.57. The molecule has 74 valence electrons. The van der Waals surface area contributed by atoms with Crippen molar-refractivity contribution in [1.29, 1.82) is 0 Å². The Labute approximate surface area is 85.5 Å². The van der Waals surface area contributed by atoms with Gasteiger partial charge in [0.2, 0.25) is 0 Å². The van der Waals surface area contributed by atoms with Gasteiger partial charge in [-0.15, -0.1) is 0 Å². The quantitative estimate of drug-likeness (QED) is 0.656. The molecule has 0 amide bonds. The predicted octanol–water partition coefficient (Wildman–Crippen LogP) is 2.17. The summed E-state index contributed by atoms with van der Waals surface area (Å²) >= 11 is 0. The van der Waals surface area contributed by atoms with Crippen molar-refractivity contribution in [3.63, 3.8) is 0 Å². The Morgan fingerprint density at radius 2 is 2.14 bits per heavy atom. The molecule has 2 aliphatic rings. The first-order chi connectivity index (χ1) is 6.80. The third kappa shape index (κ3) is 1.19. The van der Waals surface area contributed by atoms with Crippen LogP contribution >= 0.6 is 0 Å². The number of hydrogen-bond donors (Lipinski definition) is 1. The van der Waals surface area contributed by atoms with Gasteiger partial charge in [0.05, 0.1) is 0 Å². The van der Waals surface area contributed by atoms with E-state index in [1.54, 1.807) is 11.1 Å². The number of aryl methyl sites for hydroxylation is 1. The molecule has 1 heterocycles. The first kappa shape index (κ1) is 8.49. The fourth-order valence-electron chi connectivity index (χ4n) is 2.64. The molecule has 0 unspecified atom stereocenters. The number of fused-ring (bicyclic) bond motifs is 2. The van der Waals surface area contributed by atoms with Crippen LogP contribution in [-0.4, -0.2) is 13.1 Å². The van der Waals surface area contributed by atoms with E-state index < -0.39 is 0 Å². The van der Waals surface area contributed by atoms with Gasteiger partial charge < -0.3 is 5.32 Å². The second kappa shape index (κ2) is 2.83. The molecule has 0 radical (unpaired) electrons. The molecular weight excluding hydrogens is 170 g/mol. The van der Waals surface area contributed by atoms with Crippen LogP contribution in [0.15, 0.2) is 18.2 Å². The van der Waals surface area contributed by atoms with Crippen molar-refractivity contribution in [3.8, 4) is 0 Å². The topological polar surface area (TPSA) is 12.0 Å². The standard InChI is InChI=1S/C13H17N/c1-10-2-3-11-4-7-14-9-13(5-6-13)12(11)8-10/h2-3,8,14H,4-7,9H2,1H3. The van der Waals surface area contributed by atoms with Gasteiger partial charge in [-0.2, -0.15) is 0 Å². The lowest BCUT2D eigenvalue weighted by atomic mass is 9.90. The molecule has 0 aromatic heterocycles. The smallest absolute Gasteiger partial charge is 0.00812 e. The molecule has 3 rings (SSSR count). The fourth-order valence-corrected chi connectivity index (χ4v) is 2.64. The van der Waals surface area contributed by atoms with Gasteiger partial charge in [-0.25, -0.2) is 0 Å². The van der Waals surface area contributed by atoms with Gasteiger partial charge in [0.15, 0.2) is 0 Å². The lowest BCUT2D eigenvalue weighted by Crippen LogP contribution is -2.24. The highest BCUT2D eigenvalue weighted by Gasteiger charge is 2.45. The highest BCUT2D eigenvalue weighted by atomic mass is 14.9. The Hall–Kier alpha value is -0.820. The van der Waals surface area contributed by atoms with Gasteiger partial charge in [-0.05, 0) is 43.9 Å². The van der Waals surface area contributed by atoms with E-state index in [4.69, 9.17) is 0 Å². The van der Waals surface area contributed by atoms with Crippen LogP contribution in [0, 0.1) is 6.92 Å². The predicted molar refractivity (Wildman–Crippen MR) is 58.7 cm³/mol. The summed E-state index contributed by atoms with van der Waals surface area (Å²) in [6, 6.07) is 6.99. The van der Waals surface area contributed by atoms with Crippen LogP contribution in [0.2, 0.25) is 0 Å². The minimum Gasteiger partial charge on any atom is -0.316 e. The first-order valence-corrected chi connectivity index (χ1v) is 5.61. The van der Waals surface area contributed by atoms with Crippen LogP contribution < -0.4 is 5.32 Å². The van der Waals surface area contributed by atoms with Gasteiger partial charge in [-0.1, -0.05) is 23.8 Å². The molecule has 14 heavy (non-hydrogen) atoms. The van der Waals surface area contributed by atoms with E-state index in [-0.39, 0.29) is 0 Å². The van der Waals surface area contributed by atoms with Crippen molar-refractivity contribution in [2.75, 3.05) is 13.1 Å². The average molecular weight is 187 g/mol. The lowest BCUT2D eigenvalue weighted by molar-refractivity contribution is 0.602. The molecule has 1 saturated carbocycles. The first-order valence-electron chi connectivity index (χ1n) is 5.61. The summed E-state index contributed by atoms with van der Waals surface area (Å²) in [5.74, 6) is 0. The Balaban J connectivity index is 2.13. The molecule has 1 fully saturated rings. The normalized spacial score (nSPS) is 22.9. The molecule has 1 aromatic rings. The molecule has 1 N–H and O–H groups in total. The molecule has 0 bridgehead atoms. The van der Waals surface area contributed by atoms with E-state index in [0.717, 1.165) is 6.54 Å². The Kier molecular flexibility index (Phi) is 1.72. The summed E-state index contributed by atoms with van der Waals surface area (Å²) in [6.45, 7) is 4.55. The van der Waals surface area contributed by atoms with E-state index in [2.05, 4.69) is 30.4 Å². The SMILES string of the molecule is Cc1ccc2c(c1)C1(CC1)CNCC2. The zero-order valence-electron chi connectivity index (χ0n) is 8.77. The minimum absolute atomic E-state index is 0.526. The molecule has 1 nitrogen and oxygen atoms in total. The van der Waals surface area contributed by atoms with Crippen LogP contribution in [0.25, 0.3) is 0 Å². The van der Waals surface area contributed by atoms with E-state index in [1.807, 2.05) is 0 Å². The van der Waals surface area contributed by atoms with Gasteiger partial charge in [-0.3, -0.25) is 0 Å². The maximum atomic E-state index is 3.57. The summed E-state index contributed by atoms with van der Waals surface area (Å²) in [4.78, 5) is 0. The number of benzene rings is 1. The average Bonchev–Trinajstić information content (AvgIpc) is 2.97. The fraction of sp³-hybridized carbons (Fsp3) is 0.538. The third-order valence-electron chi connectivity index (χ3n) is 3.72. The van der Waals surface area contributed by atoms with E-state index in [1.165, 1.54) is 31.4 Å². The number of rotatable bonds is 0. The maximum Gasteiger partial charge on any atom is 0.00812 e. The third-order valence-corrected chi connectivity index (χ3v) is 3.72. The summed E-state index contributed by atoms with van der Waals surface area (Å²) < 4.78 is 0. The molecule has 1 aliphatic heterocycles. The van der Waals surface area contributed by atoms with Crippen molar-refractivity contribution < 1.29 is 0 Å². The maximum absolute atomic E-state index is 3.57. The van der Waals surface area contributed by atoms with Crippen molar-refractivity contribution in [2.24, 2.45) is 0 Å². The van der Waals surface area contributed by atoms with Gasteiger partial charge in [0.25, 0.3) is 0 Å². The zero-order valence-corrected chi connectivity index (χ0v) is 8.77. The van der Waals surface area contributed by atoms with Crippen molar-refractivity contribution >= 4 is 0 Å². The van der Waals surface area contributed by atoms with Crippen molar-refractivity contribution in [2.45, 2.75) is 31.6 Å². The molecule has 1 spiro atoms. The highest BCUT2D eigenvalue weighted by Crippen LogP contribution is 2.49. The van der Waals surface area contributed by atoms with Crippen LogP contribution in [0.1, 0.15) is 29.5 Å². The van der Waals surface area contributed by atoms with Crippen LogP contribution in [-0.2, 0) is 11.8 Å². The summed E-state index contributed by atoms with van der Waals surface area (Å²) in [6.07, 6.45) is 3.98. The Morgan fingerprint density at radius 3 is 2.93 bits per heavy atom. The molecular formula is C13H17N. The van der Waals surface area contributed by atoms with Crippen LogP contribution in [0.3, 0.4) is 0 Å². The summed E-state index contributed by atoms with van der Waals surface area (Å²) in [7, 11) is 0.